The van der Waals surface area contributed by atoms with E-state index in [-0.39, 0.29) is 7.14 Å². The van der Waals surface area contributed by atoms with Crippen molar-refractivity contribution in [2.24, 2.45) is 0 Å². The molecule has 0 nitrogen and oxygen atoms in total. The predicted molar refractivity (Wildman–Crippen MR) is 130 cm³/mol. The summed E-state index contributed by atoms with van der Waals surface area (Å²) in [4.78, 5) is 0. The van der Waals surface area contributed by atoms with E-state index >= 15 is 0 Å². The summed E-state index contributed by atoms with van der Waals surface area (Å²) < 4.78 is 255. The summed E-state index contributed by atoms with van der Waals surface area (Å²) >= 11 is 3.08. The monoisotopic (exact) mass is 884 g/mol. The third-order valence-electron chi connectivity index (χ3n) is 5.96. The van der Waals surface area contributed by atoms with Gasteiger partial charge >= 0.3 is 53.3 Å². The van der Waals surface area contributed by atoms with Crippen molar-refractivity contribution < 1.29 is 79.0 Å². The molecule has 0 atom stereocenters. The largest absolute Gasteiger partial charge is 0.385 e. The van der Waals surface area contributed by atoms with E-state index in [1.807, 2.05) is 0 Å². The molecule has 20 heteroatoms. The summed E-state index contributed by atoms with van der Waals surface area (Å²) in [6.07, 6.45) is -5.24. The van der Waals surface area contributed by atoms with Gasteiger partial charge in [-0.25, -0.2) is 0 Å². The van der Waals surface area contributed by atoms with Gasteiger partial charge in [-0.15, -0.1) is 0 Å². The van der Waals surface area contributed by atoms with Gasteiger partial charge in [-0.3, -0.25) is 0 Å². The highest BCUT2D eigenvalue weighted by atomic mass is 127. The SMILES string of the molecule is FC(F)(Cc1ccc(I)cc1)C(F)(F)C(F)(F)C(F)(F)C(F)(F)C(F)(F)C(F)(F)C(F)(F)C(F)(F)Cc1ccc(I)cc1. The second kappa shape index (κ2) is 11.5. The van der Waals surface area contributed by atoms with Gasteiger partial charge in [-0.2, -0.15) is 79.0 Å². The van der Waals surface area contributed by atoms with Crippen LogP contribution in [-0.4, -0.2) is 53.3 Å². The fraction of sp³-hybridized carbons (Fsp3) is 0.478. The third-order valence-corrected chi connectivity index (χ3v) is 7.40. The van der Waals surface area contributed by atoms with Crippen LogP contribution in [0.15, 0.2) is 48.5 Å². The molecule has 0 bridgehead atoms. The van der Waals surface area contributed by atoms with Crippen molar-refractivity contribution in [3.63, 3.8) is 0 Å². The van der Waals surface area contributed by atoms with Gasteiger partial charge < -0.3 is 0 Å². The van der Waals surface area contributed by atoms with Crippen molar-refractivity contribution in [1.82, 2.24) is 0 Å². The highest BCUT2D eigenvalue weighted by Gasteiger charge is 2.96. The fourth-order valence-corrected chi connectivity index (χ4v) is 4.10. The molecule has 2 rings (SSSR count). The maximum Gasteiger partial charge on any atom is 0.385 e. The molecule has 43 heavy (non-hydrogen) atoms. The molecule has 0 heterocycles. The molecule has 2 aromatic carbocycles. The molecule has 0 amide bonds. The summed E-state index contributed by atoms with van der Waals surface area (Å²) in [6.45, 7) is 0. The van der Waals surface area contributed by atoms with Crippen LogP contribution in [0.1, 0.15) is 11.1 Å². The van der Waals surface area contributed by atoms with E-state index in [0.717, 1.165) is 24.3 Å². The van der Waals surface area contributed by atoms with Gasteiger partial charge in [0.1, 0.15) is 0 Å². The second-order valence-corrected chi connectivity index (χ2v) is 11.5. The molecule has 0 aliphatic carbocycles. The average Bonchev–Trinajstić information content (AvgIpc) is 2.85. The van der Waals surface area contributed by atoms with Gasteiger partial charge in [-0.05, 0) is 80.6 Å². The number of halogens is 20. The Balaban J connectivity index is 2.56. The number of hydrogen-bond donors (Lipinski definition) is 0. The van der Waals surface area contributed by atoms with Crippen molar-refractivity contribution in [3.8, 4) is 0 Å². The minimum absolute atomic E-state index is 0.233. The lowest BCUT2D eigenvalue weighted by molar-refractivity contribution is -0.462. The topological polar surface area (TPSA) is 0 Å². The first-order chi connectivity index (χ1) is 18.9. The smallest absolute Gasteiger partial charge is 0.199 e. The molecule has 244 valence electrons. The number of alkyl halides is 18. The Kier molecular flexibility index (Phi) is 10.1. The summed E-state index contributed by atoms with van der Waals surface area (Å²) in [5.41, 5.74) is -2.02. The molecular formula is C23H12F18I2. The molecular weight excluding hydrogens is 872 g/mol. The lowest BCUT2D eigenvalue weighted by Crippen LogP contribution is -2.76. The van der Waals surface area contributed by atoms with E-state index < -0.39 is 77.3 Å². The molecule has 0 unspecified atom stereocenters. The van der Waals surface area contributed by atoms with Crippen LogP contribution in [0.3, 0.4) is 0 Å². The van der Waals surface area contributed by atoms with Crippen molar-refractivity contribution in [1.29, 1.82) is 0 Å². The highest BCUT2D eigenvalue weighted by molar-refractivity contribution is 14.1. The molecule has 2 aromatic rings. The van der Waals surface area contributed by atoms with Gasteiger partial charge in [0, 0.05) is 20.0 Å². The minimum Gasteiger partial charge on any atom is -0.199 e. The van der Waals surface area contributed by atoms with Crippen LogP contribution in [0.5, 0.6) is 0 Å². The van der Waals surface area contributed by atoms with E-state index in [4.69, 9.17) is 0 Å². The molecule has 0 saturated heterocycles. The molecule has 0 aliphatic heterocycles. The normalized spacial score (nSPS) is 15.2. The van der Waals surface area contributed by atoms with Gasteiger partial charge in [0.15, 0.2) is 0 Å². The molecule has 0 spiro atoms. The fourth-order valence-electron chi connectivity index (χ4n) is 3.38. The minimum atomic E-state index is -8.78. The van der Waals surface area contributed by atoms with E-state index in [9.17, 15) is 79.0 Å². The molecule has 0 saturated carbocycles. The maximum absolute atomic E-state index is 14.1. The first kappa shape index (κ1) is 37.8. The summed E-state index contributed by atoms with van der Waals surface area (Å²) in [6, 6.07) is 5.86. The number of hydrogen-bond acceptors (Lipinski definition) is 0. The first-order valence-corrected chi connectivity index (χ1v) is 13.0. The predicted octanol–water partition coefficient (Wildman–Crippen LogP) is 10.4. The lowest BCUT2D eigenvalue weighted by Gasteiger charge is -2.44. The van der Waals surface area contributed by atoms with Crippen LogP contribution in [0, 0.1) is 7.14 Å². The van der Waals surface area contributed by atoms with Gasteiger partial charge in [0.25, 0.3) is 0 Å². The van der Waals surface area contributed by atoms with Crippen LogP contribution in [-0.2, 0) is 12.8 Å². The Morgan fingerprint density at radius 3 is 0.721 bits per heavy atom. The second-order valence-electron chi connectivity index (χ2n) is 9.04. The van der Waals surface area contributed by atoms with E-state index in [2.05, 4.69) is 0 Å². The molecule has 0 aliphatic rings. The van der Waals surface area contributed by atoms with Gasteiger partial charge in [0.2, 0.25) is 0 Å². The Morgan fingerprint density at radius 1 is 0.326 bits per heavy atom. The molecule has 0 radical (unpaired) electrons. The van der Waals surface area contributed by atoms with Crippen molar-refractivity contribution in [3.05, 3.63) is 66.8 Å². The zero-order valence-electron chi connectivity index (χ0n) is 20.1. The van der Waals surface area contributed by atoms with Crippen LogP contribution < -0.4 is 0 Å². The van der Waals surface area contributed by atoms with Crippen molar-refractivity contribution in [2.75, 3.05) is 0 Å². The Labute approximate surface area is 256 Å². The van der Waals surface area contributed by atoms with Crippen molar-refractivity contribution >= 4 is 45.2 Å². The zero-order valence-corrected chi connectivity index (χ0v) is 24.4. The summed E-state index contributed by atoms with van der Waals surface area (Å²) in [5.74, 6) is -71.4. The van der Waals surface area contributed by atoms with Crippen LogP contribution in [0.2, 0.25) is 0 Å². The zero-order chi connectivity index (χ0) is 33.9. The summed E-state index contributed by atoms with van der Waals surface area (Å²) in [7, 11) is 0. The van der Waals surface area contributed by atoms with E-state index in [1.54, 1.807) is 45.2 Å². The Hall–Kier alpha value is -1.36. The number of rotatable bonds is 12. The molecule has 0 aromatic heterocycles. The Morgan fingerprint density at radius 2 is 0.512 bits per heavy atom. The standard InChI is InChI=1S/C23H12F18I2/c24-15(25,9-11-1-5-13(42)6-2-11)17(28,29)19(32,33)21(36,37)23(40,41)22(38,39)20(34,35)18(30,31)16(26,27)10-12-3-7-14(43)8-4-12/h1-8H,9-10H2. The van der Waals surface area contributed by atoms with Crippen LogP contribution >= 0.6 is 45.2 Å². The average molecular weight is 884 g/mol. The summed E-state index contributed by atoms with van der Waals surface area (Å²) in [5, 5.41) is 0. The lowest BCUT2D eigenvalue weighted by atomic mass is 9.84. The number of benzene rings is 2. The van der Waals surface area contributed by atoms with Gasteiger partial charge in [0.05, 0.1) is 0 Å². The van der Waals surface area contributed by atoms with E-state index in [0.29, 0.717) is 24.3 Å². The Bertz CT molecular complexity index is 1170. The third kappa shape index (κ3) is 5.99. The van der Waals surface area contributed by atoms with E-state index in [1.165, 1.54) is 0 Å². The maximum atomic E-state index is 14.1. The molecule has 0 N–H and O–H groups in total. The first-order valence-electron chi connectivity index (χ1n) is 10.8. The van der Waals surface area contributed by atoms with Crippen LogP contribution in [0.4, 0.5) is 79.0 Å². The van der Waals surface area contributed by atoms with Crippen LogP contribution in [0.25, 0.3) is 0 Å². The molecule has 0 fully saturated rings. The van der Waals surface area contributed by atoms with Gasteiger partial charge in [-0.1, -0.05) is 24.3 Å². The quantitative estimate of drug-likeness (QED) is 0.147. The highest BCUT2D eigenvalue weighted by Crippen LogP contribution is 2.65. The van der Waals surface area contributed by atoms with Crippen molar-refractivity contribution in [2.45, 2.75) is 66.1 Å².